The number of anilines is 2. The van der Waals surface area contributed by atoms with E-state index in [4.69, 9.17) is 11.6 Å². The molecule has 2 rings (SSSR count). The zero-order valence-corrected chi connectivity index (χ0v) is 11.7. The zero-order chi connectivity index (χ0) is 13.0. The molecule has 2 N–H and O–H groups in total. The summed E-state index contributed by atoms with van der Waals surface area (Å²) < 4.78 is 0. The van der Waals surface area contributed by atoms with Crippen LogP contribution in [-0.2, 0) is 0 Å². The van der Waals surface area contributed by atoms with E-state index in [-0.39, 0.29) is 0 Å². The van der Waals surface area contributed by atoms with E-state index in [0.717, 1.165) is 11.6 Å². The highest BCUT2D eigenvalue weighted by molar-refractivity contribution is 7.09. The summed E-state index contributed by atoms with van der Waals surface area (Å²) in [5.41, 5.74) is 0. The van der Waals surface area contributed by atoms with Crippen LogP contribution < -0.4 is 10.6 Å². The van der Waals surface area contributed by atoms with Crippen LogP contribution in [0.3, 0.4) is 0 Å². The second kappa shape index (κ2) is 5.97. The molecule has 5 nitrogen and oxygen atoms in total. The summed E-state index contributed by atoms with van der Waals surface area (Å²) in [5.74, 6) is 1.50. The lowest BCUT2D eigenvalue weighted by molar-refractivity contribution is 0.791. The summed E-state index contributed by atoms with van der Waals surface area (Å²) >= 11 is 7.68. The van der Waals surface area contributed by atoms with E-state index in [1.807, 2.05) is 11.6 Å². The highest BCUT2D eigenvalue weighted by Gasteiger charge is 2.10. The fraction of sp³-hybridized carbons (Fsp3) is 0.364. The van der Waals surface area contributed by atoms with Crippen LogP contribution in [0.1, 0.15) is 17.8 Å². The topological polar surface area (TPSA) is 62.7 Å². The molecule has 2 aromatic heterocycles. The molecule has 0 aliphatic heterocycles. The van der Waals surface area contributed by atoms with Gasteiger partial charge in [0, 0.05) is 31.1 Å². The molecule has 0 bridgehead atoms. The Hall–Kier alpha value is -1.40. The third kappa shape index (κ3) is 3.08. The molecule has 2 heterocycles. The molecular weight excluding hydrogens is 270 g/mol. The van der Waals surface area contributed by atoms with Crippen molar-refractivity contribution in [3.05, 3.63) is 27.8 Å². The summed E-state index contributed by atoms with van der Waals surface area (Å²) in [4.78, 5) is 12.6. The van der Waals surface area contributed by atoms with Crippen LogP contribution >= 0.6 is 22.9 Å². The van der Waals surface area contributed by atoms with E-state index in [1.165, 1.54) is 0 Å². The van der Waals surface area contributed by atoms with Crippen LogP contribution in [0.5, 0.6) is 0 Å². The molecular formula is C11H14ClN5S. The van der Waals surface area contributed by atoms with Crippen molar-refractivity contribution in [3.8, 4) is 0 Å². The third-order valence-electron chi connectivity index (χ3n) is 2.42. The molecule has 96 valence electrons. The van der Waals surface area contributed by atoms with Gasteiger partial charge >= 0.3 is 0 Å². The van der Waals surface area contributed by atoms with Crippen LogP contribution in [0.2, 0.25) is 5.02 Å². The van der Waals surface area contributed by atoms with Crippen LogP contribution in [0.25, 0.3) is 0 Å². The summed E-state index contributed by atoms with van der Waals surface area (Å²) in [6.45, 7) is 2.84. The van der Waals surface area contributed by atoms with E-state index in [1.54, 1.807) is 24.6 Å². The van der Waals surface area contributed by atoms with Gasteiger partial charge in [-0.05, 0) is 0 Å². The Morgan fingerprint density at radius 3 is 2.94 bits per heavy atom. The summed E-state index contributed by atoms with van der Waals surface area (Å²) in [6, 6.07) is 0. The number of hydrogen-bond acceptors (Lipinski definition) is 6. The van der Waals surface area contributed by atoms with E-state index in [2.05, 4.69) is 32.5 Å². The van der Waals surface area contributed by atoms with Crippen molar-refractivity contribution in [2.24, 2.45) is 0 Å². The zero-order valence-electron chi connectivity index (χ0n) is 10.1. The first kappa shape index (κ1) is 13.0. The Bertz CT molecular complexity index is 502. The van der Waals surface area contributed by atoms with Gasteiger partial charge in [-0.3, -0.25) is 0 Å². The molecule has 1 unspecified atom stereocenters. The second-order valence-corrected chi connectivity index (χ2v) is 5.13. The normalized spacial score (nSPS) is 12.2. The largest absolute Gasteiger partial charge is 0.368 e. The smallest absolute Gasteiger partial charge is 0.224 e. The molecule has 0 amide bonds. The Kier molecular flexibility index (Phi) is 4.33. The minimum Gasteiger partial charge on any atom is -0.368 e. The van der Waals surface area contributed by atoms with E-state index < -0.39 is 0 Å². The van der Waals surface area contributed by atoms with Crippen molar-refractivity contribution in [1.29, 1.82) is 0 Å². The van der Waals surface area contributed by atoms with Gasteiger partial charge in [0.25, 0.3) is 0 Å². The van der Waals surface area contributed by atoms with E-state index >= 15 is 0 Å². The molecule has 2 aromatic rings. The fourth-order valence-electron chi connectivity index (χ4n) is 1.43. The maximum absolute atomic E-state index is 6.03. The minimum absolute atomic E-state index is 0.314. The van der Waals surface area contributed by atoms with Crippen molar-refractivity contribution in [2.45, 2.75) is 12.8 Å². The van der Waals surface area contributed by atoms with E-state index in [0.29, 0.717) is 22.7 Å². The first-order valence-corrected chi connectivity index (χ1v) is 6.80. The van der Waals surface area contributed by atoms with Gasteiger partial charge in [0.2, 0.25) is 5.95 Å². The molecule has 0 saturated heterocycles. The lowest BCUT2D eigenvalue weighted by Gasteiger charge is -2.12. The molecule has 7 heteroatoms. The summed E-state index contributed by atoms with van der Waals surface area (Å²) in [6.07, 6.45) is 3.39. The number of nitrogens with one attached hydrogen (secondary N) is 2. The standard InChI is InChI=1S/C11H14ClN5S/c1-7(10-14-3-4-18-10)5-15-9-8(12)6-16-11(13-2)17-9/h3-4,6-7H,5H2,1-2H3,(H2,13,15,16,17). The Balaban J connectivity index is 2.01. The first-order valence-electron chi connectivity index (χ1n) is 5.54. The van der Waals surface area contributed by atoms with Crippen molar-refractivity contribution >= 4 is 34.7 Å². The number of thiazole rings is 1. The van der Waals surface area contributed by atoms with E-state index in [9.17, 15) is 0 Å². The van der Waals surface area contributed by atoms with Gasteiger partial charge in [-0.25, -0.2) is 9.97 Å². The number of nitrogens with zero attached hydrogens (tertiary/aromatic N) is 3. The van der Waals surface area contributed by atoms with Gasteiger partial charge in [-0.2, -0.15) is 4.98 Å². The van der Waals surface area contributed by atoms with Crippen LogP contribution in [-0.4, -0.2) is 28.5 Å². The van der Waals surface area contributed by atoms with Crippen molar-refractivity contribution < 1.29 is 0 Å². The molecule has 0 aromatic carbocycles. The summed E-state index contributed by atoms with van der Waals surface area (Å²) in [7, 11) is 1.77. The van der Waals surface area contributed by atoms with Gasteiger partial charge in [0.1, 0.15) is 5.02 Å². The third-order valence-corrected chi connectivity index (χ3v) is 3.70. The average molecular weight is 284 g/mol. The quantitative estimate of drug-likeness (QED) is 0.883. The maximum Gasteiger partial charge on any atom is 0.224 e. The Morgan fingerprint density at radius 1 is 1.44 bits per heavy atom. The lowest BCUT2D eigenvalue weighted by Crippen LogP contribution is -2.12. The van der Waals surface area contributed by atoms with Crippen LogP contribution in [0.15, 0.2) is 17.8 Å². The number of aromatic nitrogens is 3. The van der Waals surface area contributed by atoms with Gasteiger partial charge in [-0.1, -0.05) is 18.5 Å². The van der Waals surface area contributed by atoms with Gasteiger partial charge < -0.3 is 10.6 Å². The molecule has 0 aliphatic carbocycles. The first-order chi connectivity index (χ1) is 8.70. The van der Waals surface area contributed by atoms with Gasteiger partial charge in [-0.15, -0.1) is 11.3 Å². The predicted molar refractivity (Wildman–Crippen MR) is 75.6 cm³/mol. The minimum atomic E-state index is 0.314. The Morgan fingerprint density at radius 2 is 2.28 bits per heavy atom. The van der Waals surface area contributed by atoms with Crippen LogP contribution in [0, 0.1) is 0 Å². The second-order valence-electron chi connectivity index (χ2n) is 3.79. The monoisotopic (exact) mass is 283 g/mol. The van der Waals surface area contributed by atoms with Crippen molar-refractivity contribution in [2.75, 3.05) is 24.2 Å². The summed E-state index contributed by atoms with van der Waals surface area (Å²) in [5, 5.41) is 9.69. The molecule has 0 saturated carbocycles. The molecule has 1 atom stereocenters. The molecule has 18 heavy (non-hydrogen) atoms. The number of rotatable bonds is 5. The van der Waals surface area contributed by atoms with Gasteiger partial charge in [0.05, 0.1) is 11.2 Å². The number of halogens is 1. The Labute approximate surface area is 115 Å². The maximum atomic E-state index is 6.03. The van der Waals surface area contributed by atoms with Crippen molar-refractivity contribution in [1.82, 2.24) is 15.0 Å². The average Bonchev–Trinajstić information content (AvgIpc) is 2.91. The van der Waals surface area contributed by atoms with Crippen LogP contribution in [0.4, 0.5) is 11.8 Å². The molecule has 0 radical (unpaired) electrons. The molecule has 0 fully saturated rings. The molecule has 0 spiro atoms. The lowest BCUT2D eigenvalue weighted by atomic mass is 10.2. The SMILES string of the molecule is CNc1ncc(Cl)c(NCC(C)c2nccs2)n1. The molecule has 0 aliphatic rings. The highest BCUT2D eigenvalue weighted by Crippen LogP contribution is 2.22. The fourth-order valence-corrected chi connectivity index (χ4v) is 2.28. The van der Waals surface area contributed by atoms with Crippen molar-refractivity contribution in [3.63, 3.8) is 0 Å². The van der Waals surface area contributed by atoms with Gasteiger partial charge in [0.15, 0.2) is 5.82 Å². The highest BCUT2D eigenvalue weighted by atomic mass is 35.5. The number of hydrogen-bond donors (Lipinski definition) is 2. The predicted octanol–water partition coefficient (Wildman–Crippen LogP) is 2.84.